The lowest BCUT2D eigenvalue weighted by molar-refractivity contribution is 0.277. The zero-order valence-electron chi connectivity index (χ0n) is 7.47. The van der Waals surface area contributed by atoms with E-state index in [9.17, 15) is 0 Å². The highest BCUT2D eigenvalue weighted by Crippen LogP contribution is 2.38. The van der Waals surface area contributed by atoms with Crippen molar-refractivity contribution in [1.29, 1.82) is 0 Å². The molecule has 0 heterocycles. The minimum Gasteiger partial charge on any atom is -0.317 e. The Balaban J connectivity index is 2.03. The van der Waals surface area contributed by atoms with E-state index in [4.69, 9.17) is 0 Å². The molecule has 0 aliphatic heterocycles. The number of rotatable bonds is 1. The van der Waals surface area contributed by atoms with Gasteiger partial charge in [0.15, 0.2) is 0 Å². The van der Waals surface area contributed by atoms with Crippen molar-refractivity contribution in [1.82, 2.24) is 5.32 Å². The first kappa shape index (κ1) is 7.60. The molecule has 0 spiro atoms. The molecular weight excluding hydrogens is 134 g/mol. The average molecular weight is 153 g/mol. The Bertz CT molecular complexity index is 125. The molecule has 0 saturated heterocycles. The number of hydrogen-bond acceptors (Lipinski definition) is 1. The molecule has 3 saturated carbocycles. The lowest BCUT2D eigenvalue weighted by Gasteiger charge is -2.27. The maximum atomic E-state index is 3.47. The van der Waals surface area contributed by atoms with Gasteiger partial charge >= 0.3 is 0 Å². The molecule has 0 amide bonds. The van der Waals surface area contributed by atoms with Crippen LogP contribution in [0.25, 0.3) is 0 Å². The quantitative estimate of drug-likeness (QED) is 0.609. The van der Waals surface area contributed by atoms with Crippen molar-refractivity contribution in [3.63, 3.8) is 0 Å². The SMILES string of the molecule is CNC1CCC2CCC1CC2. The summed E-state index contributed by atoms with van der Waals surface area (Å²) in [6.07, 6.45) is 8.95. The van der Waals surface area contributed by atoms with Crippen LogP contribution in [-0.4, -0.2) is 13.1 Å². The number of fused-ring (bicyclic) bond motifs is 4. The Hall–Kier alpha value is -0.0400. The van der Waals surface area contributed by atoms with E-state index in [-0.39, 0.29) is 0 Å². The van der Waals surface area contributed by atoms with Crippen LogP contribution in [0.3, 0.4) is 0 Å². The number of nitrogens with one attached hydrogen (secondary N) is 1. The van der Waals surface area contributed by atoms with Crippen LogP contribution in [0, 0.1) is 11.8 Å². The summed E-state index contributed by atoms with van der Waals surface area (Å²) in [5.74, 6) is 2.10. The molecular formula is C10H19N. The Morgan fingerprint density at radius 1 is 0.909 bits per heavy atom. The van der Waals surface area contributed by atoms with Crippen LogP contribution >= 0.6 is 0 Å². The summed E-state index contributed by atoms with van der Waals surface area (Å²) in [6, 6.07) is 0.850. The summed E-state index contributed by atoms with van der Waals surface area (Å²) in [6.45, 7) is 0. The summed E-state index contributed by atoms with van der Waals surface area (Å²) in [4.78, 5) is 0. The maximum absolute atomic E-state index is 3.47. The highest BCUT2D eigenvalue weighted by Gasteiger charge is 2.30. The number of hydrogen-bond donors (Lipinski definition) is 1. The average Bonchev–Trinajstić information content (AvgIpc) is 2.36. The molecule has 1 nitrogen and oxygen atoms in total. The van der Waals surface area contributed by atoms with Crippen molar-refractivity contribution in [2.75, 3.05) is 7.05 Å². The van der Waals surface area contributed by atoms with E-state index >= 15 is 0 Å². The summed E-state index contributed by atoms with van der Waals surface area (Å²) in [5.41, 5.74) is 0. The van der Waals surface area contributed by atoms with Crippen LogP contribution < -0.4 is 5.32 Å². The molecule has 64 valence electrons. The van der Waals surface area contributed by atoms with E-state index in [0.717, 1.165) is 17.9 Å². The zero-order chi connectivity index (χ0) is 7.68. The molecule has 0 radical (unpaired) electrons. The first-order valence-electron chi connectivity index (χ1n) is 5.07. The Labute approximate surface area is 69.6 Å². The van der Waals surface area contributed by atoms with Crippen LogP contribution in [0.5, 0.6) is 0 Å². The largest absolute Gasteiger partial charge is 0.317 e. The third-order valence-electron chi connectivity index (χ3n) is 3.72. The van der Waals surface area contributed by atoms with Crippen molar-refractivity contribution in [3.8, 4) is 0 Å². The van der Waals surface area contributed by atoms with Crippen molar-refractivity contribution < 1.29 is 0 Å². The third kappa shape index (κ3) is 1.44. The fourth-order valence-electron chi connectivity index (χ4n) is 2.91. The van der Waals surface area contributed by atoms with Gasteiger partial charge in [0.05, 0.1) is 0 Å². The molecule has 1 N–H and O–H groups in total. The van der Waals surface area contributed by atoms with Crippen LogP contribution in [0.4, 0.5) is 0 Å². The van der Waals surface area contributed by atoms with Crippen molar-refractivity contribution in [2.45, 2.75) is 44.6 Å². The standard InChI is InChI=1S/C10H19N/c1-11-10-7-4-8-2-5-9(10)6-3-8/h8-11H,2-7H2,1H3. The van der Waals surface area contributed by atoms with E-state index < -0.39 is 0 Å². The van der Waals surface area contributed by atoms with E-state index in [2.05, 4.69) is 12.4 Å². The predicted octanol–water partition coefficient (Wildman–Crippen LogP) is 2.17. The van der Waals surface area contributed by atoms with Gasteiger partial charge < -0.3 is 5.32 Å². The predicted molar refractivity (Wildman–Crippen MR) is 47.5 cm³/mol. The molecule has 2 bridgehead atoms. The van der Waals surface area contributed by atoms with Gasteiger partial charge in [-0.3, -0.25) is 0 Å². The molecule has 1 heteroatoms. The van der Waals surface area contributed by atoms with Gasteiger partial charge in [-0.2, -0.15) is 0 Å². The first-order chi connectivity index (χ1) is 5.40. The molecule has 0 aromatic heterocycles. The molecule has 3 aliphatic rings. The maximum Gasteiger partial charge on any atom is 0.00924 e. The van der Waals surface area contributed by atoms with E-state index in [1.165, 1.54) is 38.5 Å². The minimum absolute atomic E-state index is 0.850. The van der Waals surface area contributed by atoms with Gasteiger partial charge in [-0.05, 0) is 44.6 Å². The Morgan fingerprint density at radius 3 is 2.18 bits per heavy atom. The molecule has 3 fully saturated rings. The highest BCUT2D eigenvalue weighted by molar-refractivity contribution is 4.86. The summed E-state index contributed by atoms with van der Waals surface area (Å²) >= 11 is 0. The monoisotopic (exact) mass is 153 g/mol. The normalized spacial score (nSPS) is 43.9. The molecule has 0 aromatic carbocycles. The van der Waals surface area contributed by atoms with E-state index in [1.807, 2.05) is 0 Å². The van der Waals surface area contributed by atoms with E-state index in [0.29, 0.717) is 0 Å². The Morgan fingerprint density at radius 2 is 1.55 bits per heavy atom. The van der Waals surface area contributed by atoms with Gasteiger partial charge in [0.25, 0.3) is 0 Å². The molecule has 3 rings (SSSR count). The second-order valence-corrected chi connectivity index (χ2v) is 4.25. The van der Waals surface area contributed by atoms with Crippen molar-refractivity contribution in [2.24, 2.45) is 11.8 Å². The fourth-order valence-corrected chi connectivity index (χ4v) is 2.91. The van der Waals surface area contributed by atoms with Gasteiger partial charge in [-0.1, -0.05) is 12.8 Å². The smallest absolute Gasteiger partial charge is 0.00924 e. The van der Waals surface area contributed by atoms with Crippen LogP contribution in [0.15, 0.2) is 0 Å². The molecule has 0 aromatic rings. The molecule has 1 atom stereocenters. The summed E-state index contributed by atoms with van der Waals surface area (Å²) in [5, 5.41) is 3.47. The van der Waals surface area contributed by atoms with E-state index in [1.54, 1.807) is 0 Å². The van der Waals surface area contributed by atoms with Crippen LogP contribution in [0.2, 0.25) is 0 Å². The first-order valence-corrected chi connectivity index (χ1v) is 5.07. The third-order valence-corrected chi connectivity index (χ3v) is 3.72. The van der Waals surface area contributed by atoms with Gasteiger partial charge in [0.1, 0.15) is 0 Å². The van der Waals surface area contributed by atoms with Crippen molar-refractivity contribution in [3.05, 3.63) is 0 Å². The van der Waals surface area contributed by atoms with Gasteiger partial charge in [-0.25, -0.2) is 0 Å². The van der Waals surface area contributed by atoms with Crippen LogP contribution in [0.1, 0.15) is 38.5 Å². The summed E-state index contributed by atoms with van der Waals surface area (Å²) < 4.78 is 0. The molecule has 1 unspecified atom stereocenters. The van der Waals surface area contributed by atoms with Gasteiger partial charge in [-0.15, -0.1) is 0 Å². The lowest BCUT2D eigenvalue weighted by atomic mass is 9.83. The highest BCUT2D eigenvalue weighted by atomic mass is 14.9. The second-order valence-electron chi connectivity index (χ2n) is 4.25. The molecule has 3 aliphatic carbocycles. The summed E-state index contributed by atoms with van der Waals surface area (Å²) in [7, 11) is 2.13. The molecule has 11 heavy (non-hydrogen) atoms. The lowest BCUT2D eigenvalue weighted by Crippen LogP contribution is -2.32. The van der Waals surface area contributed by atoms with Crippen LogP contribution in [-0.2, 0) is 0 Å². The minimum atomic E-state index is 0.850. The van der Waals surface area contributed by atoms with Gasteiger partial charge in [0.2, 0.25) is 0 Å². The zero-order valence-corrected chi connectivity index (χ0v) is 7.47. The van der Waals surface area contributed by atoms with Gasteiger partial charge in [0, 0.05) is 6.04 Å². The Kier molecular flexibility index (Phi) is 2.17. The fraction of sp³-hybridized carbons (Fsp3) is 1.00. The topological polar surface area (TPSA) is 12.0 Å². The van der Waals surface area contributed by atoms with Crippen molar-refractivity contribution >= 4 is 0 Å². The second kappa shape index (κ2) is 3.14.